The summed E-state index contributed by atoms with van der Waals surface area (Å²) in [6.07, 6.45) is 13.1. The second-order valence-corrected chi connectivity index (χ2v) is 12.3. The summed E-state index contributed by atoms with van der Waals surface area (Å²) < 4.78 is 5.73. The number of aliphatic carboxylic acids is 1. The second kappa shape index (κ2) is 6.96. The molecular weight excluding hydrogens is 386 g/mol. The fourth-order valence-electron chi connectivity index (χ4n) is 9.24. The van der Waals surface area contributed by atoms with Gasteiger partial charge in [0.25, 0.3) is 0 Å². The number of fused-ring (bicyclic) bond motifs is 6. The van der Waals surface area contributed by atoms with Gasteiger partial charge in [-0.3, -0.25) is 4.79 Å². The van der Waals surface area contributed by atoms with Gasteiger partial charge in [-0.25, -0.2) is 0 Å². The molecule has 1 aromatic rings. The Balaban J connectivity index is 1.44. The van der Waals surface area contributed by atoms with E-state index < -0.39 is 5.97 Å². The molecule has 1 heterocycles. The first kappa shape index (κ1) is 21.3. The Bertz CT molecular complexity index is 913. The molecule has 31 heavy (non-hydrogen) atoms. The lowest BCUT2D eigenvalue weighted by Gasteiger charge is -2.59. The third kappa shape index (κ3) is 2.92. The summed E-state index contributed by atoms with van der Waals surface area (Å²) in [5.74, 6) is 3.83. The van der Waals surface area contributed by atoms with Gasteiger partial charge in [-0.2, -0.15) is 0 Å². The zero-order valence-corrected chi connectivity index (χ0v) is 19.9. The van der Waals surface area contributed by atoms with Gasteiger partial charge in [0, 0.05) is 17.4 Å². The maximum absolute atomic E-state index is 11.1. The summed E-state index contributed by atoms with van der Waals surface area (Å²) in [6, 6.07) is 0. The van der Waals surface area contributed by atoms with Crippen molar-refractivity contribution >= 4 is 5.97 Å². The Morgan fingerprint density at radius 1 is 1.23 bits per heavy atom. The summed E-state index contributed by atoms with van der Waals surface area (Å²) in [6.45, 7) is 12.0. The molecule has 0 spiro atoms. The Morgan fingerprint density at radius 3 is 2.74 bits per heavy atom. The van der Waals surface area contributed by atoms with Crippen LogP contribution in [0.1, 0.15) is 90.9 Å². The van der Waals surface area contributed by atoms with Crippen LogP contribution in [0.2, 0.25) is 0 Å². The number of carboxylic acid groups (broad SMARTS) is 1. The van der Waals surface area contributed by atoms with Crippen LogP contribution in [0.4, 0.5) is 0 Å². The third-order valence-electron chi connectivity index (χ3n) is 10.5. The Kier molecular flexibility index (Phi) is 4.77. The maximum Gasteiger partial charge on any atom is 0.303 e. The summed E-state index contributed by atoms with van der Waals surface area (Å²) in [5.41, 5.74) is 3.38. The molecule has 0 bridgehead atoms. The van der Waals surface area contributed by atoms with Crippen LogP contribution in [0.3, 0.4) is 0 Å². The highest BCUT2D eigenvalue weighted by molar-refractivity contribution is 5.66. The van der Waals surface area contributed by atoms with Crippen molar-refractivity contribution in [1.29, 1.82) is 0 Å². The SMILES string of the molecule is C[C@H](CCC(=O)O)[C@H]1CC[C@H]2[C@@H]3CC=C4C(C)(C)c5oncc5C[C@]4(C)[C@H]3CC[C@]12C. The van der Waals surface area contributed by atoms with E-state index in [1.54, 1.807) is 5.57 Å². The lowest BCUT2D eigenvalue weighted by atomic mass is 9.44. The van der Waals surface area contributed by atoms with Crippen molar-refractivity contribution in [3.8, 4) is 0 Å². The van der Waals surface area contributed by atoms with Gasteiger partial charge in [-0.05, 0) is 99.2 Å². The molecule has 0 saturated heterocycles. The zero-order chi connectivity index (χ0) is 22.2. The van der Waals surface area contributed by atoms with Gasteiger partial charge in [0.15, 0.2) is 0 Å². The predicted molar refractivity (Wildman–Crippen MR) is 121 cm³/mol. The molecule has 4 aliphatic carbocycles. The van der Waals surface area contributed by atoms with Gasteiger partial charge in [-0.15, -0.1) is 0 Å². The van der Waals surface area contributed by atoms with Crippen molar-refractivity contribution in [2.24, 2.45) is 40.4 Å². The first-order chi connectivity index (χ1) is 14.6. The van der Waals surface area contributed by atoms with E-state index in [1.807, 2.05) is 6.20 Å². The summed E-state index contributed by atoms with van der Waals surface area (Å²) >= 11 is 0. The van der Waals surface area contributed by atoms with Crippen LogP contribution in [0, 0.1) is 40.4 Å². The first-order valence-electron chi connectivity index (χ1n) is 12.5. The van der Waals surface area contributed by atoms with Crippen molar-refractivity contribution in [1.82, 2.24) is 5.16 Å². The molecule has 4 heteroatoms. The molecule has 4 nitrogen and oxygen atoms in total. The number of hydrogen-bond acceptors (Lipinski definition) is 3. The number of hydrogen-bond donors (Lipinski definition) is 1. The van der Waals surface area contributed by atoms with Crippen LogP contribution in [0.15, 0.2) is 22.4 Å². The minimum atomic E-state index is -0.652. The first-order valence-corrected chi connectivity index (χ1v) is 12.5. The Hall–Kier alpha value is -1.58. The minimum Gasteiger partial charge on any atom is -0.481 e. The molecule has 5 rings (SSSR count). The molecule has 0 radical (unpaired) electrons. The van der Waals surface area contributed by atoms with Crippen LogP contribution < -0.4 is 0 Å². The van der Waals surface area contributed by atoms with Gasteiger partial charge in [-0.1, -0.05) is 37.6 Å². The highest BCUT2D eigenvalue weighted by Crippen LogP contribution is 2.68. The number of rotatable bonds is 4. The van der Waals surface area contributed by atoms with Crippen LogP contribution >= 0.6 is 0 Å². The molecule has 2 saturated carbocycles. The van der Waals surface area contributed by atoms with E-state index in [9.17, 15) is 9.90 Å². The third-order valence-corrected chi connectivity index (χ3v) is 10.5. The fraction of sp³-hybridized carbons (Fsp3) is 0.778. The molecule has 7 atom stereocenters. The van der Waals surface area contributed by atoms with Crippen molar-refractivity contribution in [3.63, 3.8) is 0 Å². The number of nitrogens with zero attached hydrogens (tertiary/aromatic N) is 1. The summed E-state index contributed by atoms with van der Waals surface area (Å²) in [7, 11) is 0. The molecule has 0 amide bonds. The molecule has 4 aliphatic rings. The molecule has 1 aromatic heterocycles. The molecule has 0 unspecified atom stereocenters. The predicted octanol–water partition coefficient (Wildman–Crippen LogP) is 6.40. The molecule has 2 fully saturated rings. The van der Waals surface area contributed by atoms with E-state index in [0.717, 1.165) is 36.4 Å². The van der Waals surface area contributed by atoms with E-state index in [0.29, 0.717) is 23.7 Å². The van der Waals surface area contributed by atoms with Gasteiger partial charge >= 0.3 is 5.97 Å². The standard InChI is InChI=1S/C27H39NO3/c1-16(6-11-23(29)30)19-8-9-20-18-7-10-22-25(2,3)24-17(15-28-31-24)14-27(22,5)21(18)12-13-26(19,20)4/h10,15-16,18-21H,6-9,11-14H2,1-5H3,(H,29,30)/t16-,18+,19-,20+,21+,26-,27-/m1/s1. The second-order valence-electron chi connectivity index (χ2n) is 12.3. The lowest BCUT2D eigenvalue weighted by Crippen LogP contribution is -2.53. The number of carbonyl (C=O) groups is 1. The average molecular weight is 426 g/mol. The maximum atomic E-state index is 11.1. The smallest absolute Gasteiger partial charge is 0.303 e. The van der Waals surface area contributed by atoms with Crippen molar-refractivity contribution in [2.45, 2.75) is 91.4 Å². The number of aromatic nitrogens is 1. The van der Waals surface area contributed by atoms with E-state index in [1.165, 1.54) is 37.7 Å². The van der Waals surface area contributed by atoms with Crippen LogP contribution in [0.25, 0.3) is 0 Å². The highest BCUT2D eigenvalue weighted by atomic mass is 16.5. The number of allylic oxidation sites excluding steroid dienone is 2. The molecular formula is C27H39NO3. The fourth-order valence-corrected chi connectivity index (χ4v) is 9.24. The minimum absolute atomic E-state index is 0.0753. The van der Waals surface area contributed by atoms with Crippen molar-refractivity contribution in [2.75, 3.05) is 0 Å². The topological polar surface area (TPSA) is 63.3 Å². The lowest BCUT2D eigenvalue weighted by molar-refractivity contribution is -0.137. The largest absolute Gasteiger partial charge is 0.481 e. The molecule has 0 aromatic carbocycles. The monoisotopic (exact) mass is 425 g/mol. The summed E-state index contributed by atoms with van der Waals surface area (Å²) in [5, 5.41) is 13.3. The van der Waals surface area contributed by atoms with Crippen molar-refractivity contribution in [3.05, 3.63) is 29.2 Å². The highest BCUT2D eigenvalue weighted by Gasteiger charge is 2.61. The quantitative estimate of drug-likeness (QED) is 0.567. The van der Waals surface area contributed by atoms with E-state index in [-0.39, 0.29) is 10.8 Å². The molecule has 170 valence electrons. The van der Waals surface area contributed by atoms with Gasteiger partial charge in [0.05, 0.1) is 6.20 Å². The van der Waals surface area contributed by atoms with Crippen LogP contribution in [0.5, 0.6) is 0 Å². The molecule has 1 N–H and O–H groups in total. The average Bonchev–Trinajstić information content (AvgIpc) is 3.30. The zero-order valence-electron chi connectivity index (χ0n) is 19.9. The summed E-state index contributed by atoms with van der Waals surface area (Å²) in [4.78, 5) is 11.1. The van der Waals surface area contributed by atoms with Gasteiger partial charge in [0.2, 0.25) is 0 Å². The van der Waals surface area contributed by atoms with Gasteiger partial charge < -0.3 is 9.63 Å². The van der Waals surface area contributed by atoms with E-state index >= 15 is 0 Å². The van der Waals surface area contributed by atoms with E-state index in [4.69, 9.17) is 4.52 Å². The van der Waals surface area contributed by atoms with E-state index in [2.05, 4.69) is 45.9 Å². The van der Waals surface area contributed by atoms with Gasteiger partial charge in [0.1, 0.15) is 5.76 Å². The Labute approximate surface area is 186 Å². The van der Waals surface area contributed by atoms with Crippen LogP contribution in [-0.2, 0) is 16.6 Å². The molecule has 0 aliphatic heterocycles. The van der Waals surface area contributed by atoms with Crippen LogP contribution in [-0.4, -0.2) is 16.2 Å². The number of carboxylic acids is 1. The van der Waals surface area contributed by atoms with Crippen molar-refractivity contribution < 1.29 is 14.4 Å². The normalized spacial score (nSPS) is 41.4. The Morgan fingerprint density at radius 2 is 2.00 bits per heavy atom.